The molecule has 0 aromatic rings. The molecule has 0 heterocycles. The van der Waals surface area contributed by atoms with E-state index < -0.39 is 37.3 Å². The van der Waals surface area contributed by atoms with Crippen LogP contribution in [0.3, 0.4) is 0 Å². The van der Waals surface area contributed by atoms with Crippen molar-refractivity contribution in [1.29, 1.82) is 0 Å². The SMILES string of the molecule is CCCCCC(O)O.O=CC(O)C(O)C(O)C(O)CO. The van der Waals surface area contributed by atoms with Crippen LogP contribution in [0.4, 0.5) is 0 Å². The quantitative estimate of drug-likeness (QED) is 0.140. The molecule has 4 unspecified atom stereocenters. The molecule has 8 heteroatoms. The lowest BCUT2D eigenvalue weighted by Gasteiger charge is -2.22. The van der Waals surface area contributed by atoms with Crippen LogP contribution < -0.4 is 0 Å². The Hall–Kier alpha value is -0.610. The van der Waals surface area contributed by atoms with Crippen molar-refractivity contribution in [2.75, 3.05) is 6.61 Å². The van der Waals surface area contributed by atoms with E-state index in [4.69, 9.17) is 35.7 Å². The number of carbonyl (C=O) groups is 1. The first-order valence-corrected chi connectivity index (χ1v) is 6.46. The van der Waals surface area contributed by atoms with Crippen LogP contribution in [-0.4, -0.2) is 79.3 Å². The summed E-state index contributed by atoms with van der Waals surface area (Å²) in [7, 11) is 0. The van der Waals surface area contributed by atoms with Gasteiger partial charge in [0.25, 0.3) is 0 Å². The Morgan fingerprint density at radius 1 is 0.950 bits per heavy atom. The molecule has 0 saturated carbocycles. The monoisotopic (exact) mass is 298 g/mol. The fraction of sp³-hybridized carbons (Fsp3) is 0.917. The molecule has 20 heavy (non-hydrogen) atoms. The number of aldehydes is 1. The van der Waals surface area contributed by atoms with Gasteiger partial charge in [-0.2, -0.15) is 0 Å². The Labute approximate surface area is 117 Å². The highest BCUT2D eigenvalue weighted by Gasteiger charge is 2.29. The van der Waals surface area contributed by atoms with Crippen molar-refractivity contribution in [1.82, 2.24) is 0 Å². The maximum absolute atomic E-state index is 9.90. The number of unbranched alkanes of at least 4 members (excludes halogenated alkanes) is 2. The minimum Gasteiger partial charge on any atom is -0.394 e. The van der Waals surface area contributed by atoms with E-state index in [0.717, 1.165) is 19.3 Å². The summed E-state index contributed by atoms with van der Waals surface area (Å²) in [4.78, 5) is 9.90. The minimum atomic E-state index is -1.79. The van der Waals surface area contributed by atoms with E-state index in [2.05, 4.69) is 6.92 Å². The molecular weight excluding hydrogens is 272 g/mol. The van der Waals surface area contributed by atoms with Gasteiger partial charge < -0.3 is 40.5 Å². The van der Waals surface area contributed by atoms with Crippen LogP contribution in [0.2, 0.25) is 0 Å². The predicted molar refractivity (Wildman–Crippen MR) is 69.5 cm³/mol. The summed E-state index contributed by atoms with van der Waals surface area (Å²) in [5.41, 5.74) is 0. The van der Waals surface area contributed by atoms with Crippen LogP contribution in [0.1, 0.15) is 32.6 Å². The van der Waals surface area contributed by atoms with E-state index in [0.29, 0.717) is 6.42 Å². The summed E-state index contributed by atoms with van der Waals surface area (Å²) in [6.07, 6.45) is -4.26. The van der Waals surface area contributed by atoms with Crippen molar-refractivity contribution in [3.8, 4) is 0 Å². The summed E-state index contributed by atoms with van der Waals surface area (Å²) in [5, 5.41) is 60.2. The smallest absolute Gasteiger partial charge is 0.151 e. The van der Waals surface area contributed by atoms with E-state index in [1.54, 1.807) is 0 Å². The van der Waals surface area contributed by atoms with E-state index in [1.807, 2.05) is 0 Å². The highest BCUT2D eigenvalue weighted by Crippen LogP contribution is 2.03. The van der Waals surface area contributed by atoms with E-state index in [1.165, 1.54) is 0 Å². The average Bonchev–Trinajstić information content (AvgIpc) is 2.44. The highest BCUT2D eigenvalue weighted by molar-refractivity contribution is 5.56. The number of aliphatic hydroxyl groups excluding tert-OH is 6. The first kappa shape index (κ1) is 21.7. The Bertz CT molecular complexity index is 224. The molecule has 0 radical (unpaired) electrons. The third-order valence-electron chi connectivity index (χ3n) is 2.49. The van der Waals surface area contributed by atoms with Gasteiger partial charge in [0, 0.05) is 0 Å². The largest absolute Gasteiger partial charge is 0.394 e. The molecule has 0 bridgehead atoms. The van der Waals surface area contributed by atoms with Crippen molar-refractivity contribution in [2.24, 2.45) is 0 Å². The number of hydrogen-bond acceptors (Lipinski definition) is 8. The molecule has 0 aromatic heterocycles. The maximum Gasteiger partial charge on any atom is 0.151 e. The molecule has 0 saturated heterocycles. The molecule has 0 amide bonds. The van der Waals surface area contributed by atoms with Gasteiger partial charge in [-0.3, -0.25) is 0 Å². The number of rotatable bonds is 9. The lowest BCUT2D eigenvalue weighted by atomic mass is 10.0. The van der Waals surface area contributed by atoms with Gasteiger partial charge in [-0.1, -0.05) is 19.8 Å². The maximum atomic E-state index is 9.90. The summed E-state index contributed by atoms with van der Waals surface area (Å²) in [6.45, 7) is 1.33. The summed E-state index contributed by atoms with van der Waals surface area (Å²) in [6, 6.07) is 0. The Morgan fingerprint density at radius 2 is 1.50 bits per heavy atom. The summed E-state index contributed by atoms with van der Waals surface area (Å²) in [5.74, 6) is 0. The van der Waals surface area contributed by atoms with Gasteiger partial charge in [0.1, 0.15) is 24.4 Å². The number of aliphatic hydroxyl groups is 7. The summed E-state index contributed by atoms with van der Waals surface area (Å²) < 4.78 is 0. The number of carbonyl (C=O) groups excluding carboxylic acids is 1. The minimum absolute atomic E-state index is 0.0258. The molecule has 4 atom stereocenters. The molecule has 0 aromatic carbocycles. The van der Waals surface area contributed by atoms with Gasteiger partial charge in [-0.15, -0.1) is 0 Å². The van der Waals surface area contributed by atoms with Gasteiger partial charge in [-0.25, -0.2) is 0 Å². The zero-order chi connectivity index (χ0) is 16.1. The molecule has 7 N–H and O–H groups in total. The van der Waals surface area contributed by atoms with Crippen LogP contribution in [-0.2, 0) is 4.79 Å². The second kappa shape index (κ2) is 13.4. The van der Waals surface area contributed by atoms with Crippen molar-refractivity contribution >= 4 is 6.29 Å². The molecule has 8 nitrogen and oxygen atoms in total. The molecule has 122 valence electrons. The molecular formula is C12H26O8. The van der Waals surface area contributed by atoms with E-state index >= 15 is 0 Å². The van der Waals surface area contributed by atoms with E-state index in [9.17, 15) is 4.79 Å². The lowest BCUT2D eigenvalue weighted by Crippen LogP contribution is -2.46. The first-order valence-electron chi connectivity index (χ1n) is 6.46. The molecule has 0 fully saturated rings. The second-order valence-corrected chi connectivity index (χ2v) is 4.33. The standard InChI is InChI=1S/C6H12O6.C6H14O2/c7-1-3(9)5(11)6(12)4(10)2-8;1-2-3-4-5-6(7)8/h1,3-6,8-12H,2H2;6-8H,2-5H2,1H3. The van der Waals surface area contributed by atoms with Crippen molar-refractivity contribution in [3.05, 3.63) is 0 Å². The van der Waals surface area contributed by atoms with Crippen LogP contribution in [0.15, 0.2) is 0 Å². The van der Waals surface area contributed by atoms with Gasteiger partial charge in [0.15, 0.2) is 12.6 Å². The first-order chi connectivity index (χ1) is 9.31. The molecule has 0 aliphatic rings. The Kier molecular flexibility index (Phi) is 14.5. The van der Waals surface area contributed by atoms with Gasteiger partial charge >= 0.3 is 0 Å². The van der Waals surface area contributed by atoms with Crippen LogP contribution in [0, 0.1) is 0 Å². The van der Waals surface area contributed by atoms with Gasteiger partial charge in [0.2, 0.25) is 0 Å². The second-order valence-electron chi connectivity index (χ2n) is 4.33. The predicted octanol–water partition coefficient (Wildman–Crippen LogP) is -2.50. The van der Waals surface area contributed by atoms with Crippen molar-refractivity contribution < 1.29 is 40.5 Å². The van der Waals surface area contributed by atoms with E-state index in [-0.39, 0.29) is 6.29 Å². The highest BCUT2D eigenvalue weighted by atomic mass is 16.5. The van der Waals surface area contributed by atoms with Crippen molar-refractivity contribution in [3.63, 3.8) is 0 Å². The molecule has 0 aliphatic heterocycles. The Balaban J connectivity index is 0. The van der Waals surface area contributed by atoms with Gasteiger partial charge in [0.05, 0.1) is 6.61 Å². The van der Waals surface area contributed by atoms with Crippen LogP contribution in [0.5, 0.6) is 0 Å². The fourth-order valence-corrected chi connectivity index (χ4v) is 1.20. The third-order valence-corrected chi connectivity index (χ3v) is 2.49. The fourth-order valence-electron chi connectivity index (χ4n) is 1.20. The normalized spacial score (nSPS) is 16.9. The molecule has 0 rings (SSSR count). The zero-order valence-electron chi connectivity index (χ0n) is 11.5. The average molecular weight is 298 g/mol. The molecule has 0 spiro atoms. The summed E-state index contributed by atoms with van der Waals surface area (Å²) >= 11 is 0. The third kappa shape index (κ3) is 11.2. The zero-order valence-corrected chi connectivity index (χ0v) is 11.5. The topological polar surface area (TPSA) is 159 Å². The van der Waals surface area contributed by atoms with Crippen molar-refractivity contribution in [2.45, 2.75) is 63.3 Å². The lowest BCUT2D eigenvalue weighted by molar-refractivity contribution is -0.136. The van der Waals surface area contributed by atoms with Crippen LogP contribution in [0.25, 0.3) is 0 Å². The van der Waals surface area contributed by atoms with Crippen LogP contribution >= 0.6 is 0 Å². The number of hydrogen-bond donors (Lipinski definition) is 7. The molecule has 0 aliphatic carbocycles. The van der Waals surface area contributed by atoms with Gasteiger partial charge in [-0.05, 0) is 12.8 Å². The Morgan fingerprint density at radius 3 is 1.85 bits per heavy atom.